The smallest absolute Gasteiger partial charge is 0.193 e. The molecular weight excluding hydrogens is 170 g/mol. The van der Waals surface area contributed by atoms with E-state index in [0.717, 1.165) is 0 Å². The van der Waals surface area contributed by atoms with E-state index < -0.39 is 17.4 Å². The Bertz CT molecular complexity index is 162. The molecule has 0 aromatic rings. The number of hydrogen-bond donors (Lipinski definition) is 0. The van der Waals surface area contributed by atoms with Crippen molar-refractivity contribution in [1.29, 1.82) is 0 Å². The molecule has 64 valence electrons. The van der Waals surface area contributed by atoms with Crippen LogP contribution in [0.25, 0.3) is 0 Å². The second-order valence-corrected chi connectivity index (χ2v) is 3.29. The van der Waals surface area contributed by atoms with Crippen molar-refractivity contribution in [2.45, 2.75) is 31.2 Å². The summed E-state index contributed by atoms with van der Waals surface area (Å²) in [5.74, 6) is -0.636. The quantitative estimate of drug-likeness (QED) is 0.366. The Morgan fingerprint density at radius 3 is 2.73 bits per heavy atom. The monoisotopic (exact) mass is 179 g/mol. The Morgan fingerprint density at radius 1 is 1.73 bits per heavy atom. The van der Waals surface area contributed by atoms with Gasteiger partial charge >= 0.3 is 0 Å². The fourth-order valence-corrected chi connectivity index (χ4v) is 1.04. The van der Waals surface area contributed by atoms with Crippen molar-refractivity contribution in [2.75, 3.05) is 6.61 Å². The molecule has 1 fully saturated rings. The van der Waals surface area contributed by atoms with Crippen LogP contribution in [0, 0.1) is 4.91 Å². The fourth-order valence-electron chi connectivity index (χ4n) is 0.919. The number of alkyl halides is 1. The van der Waals surface area contributed by atoms with Gasteiger partial charge in [-0.05, 0) is 19.0 Å². The molecule has 0 radical (unpaired) electrons. The van der Waals surface area contributed by atoms with Crippen molar-refractivity contribution >= 4 is 11.6 Å². The van der Waals surface area contributed by atoms with E-state index in [1.54, 1.807) is 13.8 Å². The second-order valence-electron chi connectivity index (χ2n) is 2.85. The number of nitrogens with zero attached hydrogens (tertiary/aromatic N) is 1. The number of ether oxygens (including phenoxy) is 2. The van der Waals surface area contributed by atoms with Gasteiger partial charge < -0.3 is 9.47 Å². The summed E-state index contributed by atoms with van der Waals surface area (Å²) in [4.78, 5) is 9.99. The molecule has 0 bridgehead atoms. The zero-order valence-electron chi connectivity index (χ0n) is 6.41. The highest BCUT2D eigenvalue weighted by Gasteiger charge is 2.37. The van der Waals surface area contributed by atoms with Gasteiger partial charge in [0.1, 0.15) is 6.10 Å². The van der Waals surface area contributed by atoms with Crippen LogP contribution in [0.3, 0.4) is 0 Å². The average Bonchev–Trinajstić information content (AvgIpc) is 2.29. The van der Waals surface area contributed by atoms with Gasteiger partial charge in [0.25, 0.3) is 0 Å². The Morgan fingerprint density at radius 2 is 2.36 bits per heavy atom. The second kappa shape index (κ2) is 3.05. The molecule has 0 aromatic heterocycles. The van der Waals surface area contributed by atoms with E-state index in [1.165, 1.54) is 0 Å². The predicted octanol–water partition coefficient (Wildman–Crippen LogP) is 1.47. The van der Waals surface area contributed by atoms with Gasteiger partial charge in [0.15, 0.2) is 11.3 Å². The van der Waals surface area contributed by atoms with Crippen molar-refractivity contribution in [3.63, 3.8) is 0 Å². The Hall–Kier alpha value is -0.190. The van der Waals surface area contributed by atoms with Crippen molar-refractivity contribution in [3.05, 3.63) is 4.91 Å². The fraction of sp³-hybridized carbons (Fsp3) is 1.00. The van der Waals surface area contributed by atoms with Crippen molar-refractivity contribution < 1.29 is 9.47 Å². The molecule has 0 saturated carbocycles. The number of hydrogen-bond acceptors (Lipinski definition) is 4. The van der Waals surface area contributed by atoms with Crippen LogP contribution in [0.2, 0.25) is 0 Å². The third-order valence-electron chi connectivity index (χ3n) is 1.44. The molecule has 0 amide bonds. The highest BCUT2D eigenvalue weighted by atomic mass is 35.5. The maximum Gasteiger partial charge on any atom is 0.193 e. The van der Waals surface area contributed by atoms with Gasteiger partial charge in [-0.25, -0.2) is 0 Å². The summed E-state index contributed by atoms with van der Waals surface area (Å²) in [6.07, 6.45) is -0.413. The van der Waals surface area contributed by atoms with E-state index in [4.69, 9.17) is 21.1 Å². The van der Waals surface area contributed by atoms with Crippen LogP contribution in [-0.2, 0) is 9.47 Å². The van der Waals surface area contributed by atoms with Crippen LogP contribution in [0.1, 0.15) is 13.8 Å². The number of nitroso groups, excluding NO2 is 1. The molecule has 0 N–H and O–H groups in total. The third kappa shape index (κ3) is 2.12. The van der Waals surface area contributed by atoms with Crippen LogP contribution >= 0.6 is 11.6 Å². The first kappa shape index (κ1) is 8.90. The summed E-state index contributed by atoms with van der Waals surface area (Å²) >= 11 is 5.51. The van der Waals surface area contributed by atoms with Crippen LogP contribution < -0.4 is 0 Å². The highest BCUT2D eigenvalue weighted by Crippen LogP contribution is 2.26. The number of rotatable bonds is 2. The van der Waals surface area contributed by atoms with Gasteiger partial charge in [-0.2, -0.15) is 0 Å². The first-order valence-corrected chi connectivity index (χ1v) is 3.77. The standard InChI is InChI=1S/C6H10ClNO3/c1-6(2)10-3-4(11-6)5(7)8-9/h4-5H,3H2,1-2H3. The lowest BCUT2D eigenvalue weighted by Crippen LogP contribution is -2.25. The van der Waals surface area contributed by atoms with E-state index in [9.17, 15) is 4.91 Å². The van der Waals surface area contributed by atoms with Crippen LogP contribution in [0.4, 0.5) is 0 Å². The summed E-state index contributed by atoms with van der Waals surface area (Å²) in [5, 5.41) is 2.65. The molecule has 1 heterocycles. The molecule has 2 unspecified atom stereocenters. The van der Waals surface area contributed by atoms with Crippen molar-refractivity contribution in [2.24, 2.45) is 5.18 Å². The molecule has 1 saturated heterocycles. The lowest BCUT2D eigenvalue weighted by molar-refractivity contribution is -0.138. The molecule has 0 spiro atoms. The van der Waals surface area contributed by atoms with E-state index in [1.807, 2.05) is 0 Å². The third-order valence-corrected chi connectivity index (χ3v) is 1.80. The summed E-state index contributed by atoms with van der Waals surface area (Å²) in [6, 6.07) is 0. The molecule has 1 rings (SSSR count). The van der Waals surface area contributed by atoms with Gasteiger partial charge in [-0.1, -0.05) is 11.6 Å². The summed E-state index contributed by atoms with van der Waals surface area (Å²) in [5.41, 5.74) is -0.850. The molecule has 11 heavy (non-hydrogen) atoms. The van der Waals surface area contributed by atoms with Crippen molar-refractivity contribution in [1.82, 2.24) is 0 Å². The van der Waals surface area contributed by atoms with E-state index >= 15 is 0 Å². The van der Waals surface area contributed by atoms with Gasteiger partial charge in [-0.3, -0.25) is 0 Å². The molecular formula is C6H10ClNO3. The molecule has 1 aliphatic heterocycles. The largest absolute Gasteiger partial charge is 0.348 e. The summed E-state index contributed by atoms with van der Waals surface area (Å²) in [6.45, 7) is 3.86. The average molecular weight is 180 g/mol. The minimum Gasteiger partial charge on any atom is -0.348 e. The zero-order chi connectivity index (χ0) is 8.48. The van der Waals surface area contributed by atoms with E-state index in [0.29, 0.717) is 6.61 Å². The maximum absolute atomic E-state index is 9.99. The Labute approximate surface area is 69.8 Å². The minimum atomic E-state index is -0.850. The normalized spacial score (nSPS) is 31.7. The molecule has 0 aromatic carbocycles. The Kier molecular flexibility index (Phi) is 2.47. The van der Waals surface area contributed by atoms with Crippen LogP contribution in [0.15, 0.2) is 5.18 Å². The molecule has 4 nitrogen and oxygen atoms in total. The highest BCUT2D eigenvalue weighted by molar-refractivity contribution is 6.20. The van der Waals surface area contributed by atoms with Crippen LogP contribution in [-0.4, -0.2) is 24.0 Å². The zero-order valence-corrected chi connectivity index (χ0v) is 7.17. The molecule has 5 heteroatoms. The topological polar surface area (TPSA) is 47.9 Å². The summed E-state index contributed by atoms with van der Waals surface area (Å²) < 4.78 is 10.4. The molecule has 0 aliphatic carbocycles. The van der Waals surface area contributed by atoms with Crippen molar-refractivity contribution in [3.8, 4) is 0 Å². The van der Waals surface area contributed by atoms with Gasteiger partial charge in [0, 0.05) is 0 Å². The minimum absolute atomic E-state index is 0.326. The van der Waals surface area contributed by atoms with Gasteiger partial charge in [-0.15, -0.1) is 4.91 Å². The van der Waals surface area contributed by atoms with Gasteiger partial charge in [0.05, 0.1) is 6.61 Å². The number of halogens is 1. The van der Waals surface area contributed by atoms with E-state index in [2.05, 4.69) is 5.18 Å². The first-order valence-electron chi connectivity index (χ1n) is 3.33. The molecule has 1 aliphatic rings. The lowest BCUT2D eigenvalue weighted by atomic mass is 10.4. The predicted molar refractivity (Wildman–Crippen MR) is 40.3 cm³/mol. The van der Waals surface area contributed by atoms with Crippen LogP contribution in [0.5, 0.6) is 0 Å². The SMILES string of the molecule is CC1(C)OCC(C(Cl)N=O)O1. The van der Waals surface area contributed by atoms with Gasteiger partial charge in [0.2, 0.25) is 0 Å². The van der Waals surface area contributed by atoms with E-state index in [-0.39, 0.29) is 0 Å². The Balaban J connectivity index is 2.47. The summed E-state index contributed by atoms with van der Waals surface area (Å²) in [7, 11) is 0. The lowest BCUT2D eigenvalue weighted by Gasteiger charge is -2.16. The first-order chi connectivity index (χ1) is 5.05. The molecule has 2 atom stereocenters. The maximum atomic E-state index is 9.99.